The van der Waals surface area contributed by atoms with Gasteiger partial charge in [0.05, 0.1) is 5.75 Å². The number of carbonyl (C=O) groups excluding carboxylic acids is 1. The predicted molar refractivity (Wildman–Crippen MR) is 53.5 cm³/mol. The third-order valence-electron chi connectivity index (χ3n) is 1.33. The van der Waals surface area contributed by atoms with E-state index in [-0.39, 0.29) is 5.24 Å². The zero-order valence-corrected chi connectivity index (χ0v) is 8.07. The molecule has 0 N–H and O–H groups in total. The molecule has 1 aromatic carbocycles. The van der Waals surface area contributed by atoms with Gasteiger partial charge in [0.15, 0.2) is 0 Å². The molecular weight excluding hydrogens is 192 g/mol. The van der Waals surface area contributed by atoms with E-state index >= 15 is 0 Å². The highest BCUT2D eigenvalue weighted by Gasteiger charge is 1.96. The number of hydrogen-bond acceptors (Lipinski definition) is 2. The lowest BCUT2D eigenvalue weighted by molar-refractivity contribution is -0.109. The summed E-state index contributed by atoms with van der Waals surface area (Å²) in [5.74, 6) is 1.23. The monoisotopic (exact) mass is 200 g/mol. The Morgan fingerprint density at radius 2 is 2.00 bits per heavy atom. The summed E-state index contributed by atoms with van der Waals surface area (Å²) in [6.45, 7) is 0. The average molecular weight is 201 g/mol. The van der Waals surface area contributed by atoms with Gasteiger partial charge in [0, 0.05) is 5.75 Å². The van der Waals surface area contributed by atoms with Gasteiger partial charge in [-0.3, -0.25) is 4.79 Å². The first kappa shape index (κ1) is 9.62. The van der Waals surface area contributed by atoms with E-state index in [1.807, 2.05) is 30.3 Å². The molecule has 1 nitrogen and oxygen atoms in total. The summed E-state index contributed by atoms with van der Waals surface area (Å²) in [5.41, 5.74) is 1.22. The summed E-state index contributed by atoms with van der Waals surface area (Å²) >= 11 is 6.72. The topological polar surface area (TPSA) is 17.1 Å². The minimum atomic E-state index is -0.282. The third kappa shape index (κ3) is 3.79. The van der Waals surface area contributed by atoms with E-state index < -0.39 is 0 Å². The van der Waals surface area contributed by atoms with Crippen LogP contribution in [0.3, 0.4) is 0 Å². The first-order valence-corrected chi connectivity index (χ1v) is 5.12. The molecular formula is C9H9ClOS. The molecule has 0 atom stereocenters. The maximum Gasteiger partial charge on any atom is 0.231 e. The second-order valence-electron chi connectivity index (χ2n) is 2.33. The Hall–Kier alpha value is -0.470. The van der Waals surface area contributed by atoms with Crippen molar-refractivity contribution in [3.05, 3.63) is 35.9 Å². The number of thioether (sulfide) groups is 1. The van der Waals surface area contributed by atoms with Crippen molar-refractivity contribution >= 4 is 28.6 Å². The normalized spacial score (nSPS) is 9.75. The van der Waals surface area contributed by atoms with Crippen molar-refractivity contribution in [3.63, 3.8) is 0 Å². The van der Waals surface area contributed by atoms with E-state index in [1.54, 1.807) is 0 Å². The maximum atomic E-state index is 10.4. The fourth-order valence-electron chi connectivity index (χ4n) is 0.823. The molecule has 0 spiro atoms. The second kappa shape index (κ2) is 5.22. The van der Waals surface area contributed by atoms with Crippen molar-refractivity contribution in [2.75, 3.05) is 5.75 Å². The molecule has 0 fully saturated rings. The molecule has 0 aliphatic rings. The molecule has 0 aromatic heterocycles. The number of halogens is 1. The molecule has 12 heavy (non-hydrogen) atoms. The Kier molecular flexibility index (Phi) is 4.19. The highest BCUT2D eigenvalue weighted by atomic mass is 35.5. The van der Waals surface area contributed by atoms with Gasteiger partial charge in [0.25, 0.3) is 0 Å². The maximum absolute atomic E-state index is 10.4. The van der Waals surface area contributed by atoms with Crippen LogP contribution in [-0.2, 0) is 10.5 Å². The highest BCUT2D eigenvalue weighted by molar-refractivity contribution is 7.99. The zero-order valence-electron chi connectivity index (χ0n) is 6.50. The molecule has 0 saturated carbocycles. The van der Waals surface area contributed by atoms with Crippen LogP contribution < -0.4 is 0 Å². The SMILES string of the molecule is O=C(Cl)CSCc1ccccc1. The standard InChI is InChI=1S/C9H9ClOS/c10-9(11)7-12-6-8-4-2-1-3-5-8/h1-5H,6-7H2. The van der Waals surface area contributed by atoms with Crippen molar-refractivity contribution in [2.24, 2.45) is 0 Å². The second-order valence-corrected chi connectivity index (χ2v) is 3.74. The van der Waals surface area contributed by atoms with Crippen LogP contribution in [0.15, 0.2) is 30.3 Å². The van der Waals surface area contributed by atoms with Crippen LogP contribution in [0.25, 0.3) is 0 Å². The first-order valence-electron chi connectivity index (χ1n) is 3.59. The van der Waals surface area contributed by atoms with E-state index in [0.29, 0.717) is 5.75 Å². The van der Waals surface area contributed by atoms with Crippen molar-refractivity contribution in [1.29, 1.82) is 0 Å². The lowest BCUT2D eigenvalue weighted by atomic mass is 10.2. The molecule has 1 rings (SSSR count). The van der Waals surface area contributed by atoms with E-state index in [9.17, 15) is 4.79 Å². The summed E-state index contributed by atoms with van der Waals surface area (Å²) in [6, 6.07) is 10.0. The highest BCUT2D eigenvalue weighted by Crippen LogP contribution is 2.11. The van der Waals surface area contributed by atoms with Crippen molar-refractivity contribution in [3.8, 4) is 0 Å². The van der Waals surface area contributed by atoms with Gasteiger partial charge in [0.2, 0.25) is 5.24 Å². The minimum absolute atomic E-state index is 0.282. The number of hydrogen-bond donors (Lipinski definition) is 0. The number of carbonyl (C=O) groups is 1. The summed E-state index contributed by atoms with van der Waals surface area (Å²) in [5, 5.41) is -0.282. The molecule has 0 amide bonds. The van der Waals surface area contributed by atoms with Crippen LogP contribution in [-0.4, -0.2) is 11.0 Å². The van der Waals surface area contributed by atoms with E-state index in [4.69, 9.17) is 11.6 Å². The van der Waals surface area contributed by atoms with Gasteiger partial charge in [-0.1, -0.05) is 30.3 Å². The Bertz CT molecular complexity index is 248. The quantitative estimate of drug-likeness (QED) is 0.696. The predicted octanol–water partition coefficient (Wildman–Crippen LogP) is 2.69. The van der Waals surface area contributed by atoms with Gasteiger partial charge in [0.1, 0.15) is 0 Å². The van der Waals surface area contributed by atoms with Crippen LogP contribution in [0.1, 0.15) is 5.56 Å². The summed E-state index contributed by atoms with van der Waals surface area (Å²) < 4.78 is 0. The van der Waals surface area contributed by atoms with Crippen molar-refractivity contribution < 1.29 is 4.79 Å². The zero-order chi connectivity index (χ0) is 8.81. The molecule has 3 heteroatoms. The molecule has 0 unspecified atom stereocenters. The summed E-state index contributed by atoms with van der Waals surface area (Å²) in [4.78, 5) is 10.4. The van der Waals surface area contributed by atoms with Gasteiger partial charge < -0.3 is 0 Å². The molecule has 0 saturated heterocycles. The van der Waals surface area contributed by atoms with Crippen LogP contribution in [0.5, 0.6) is 0 Å². The molecule has 64 valence electrons. The smallest absolute Gasteiger partial charge is 0.231 e. The Morgan fingerprint density at radius 3 is 2.58 bits per heavy atom. The van der Waals surface area contributed by atoms with Gasteiger partial charge in [-0.25, -0.2) is 0 Å². The van der Waals surface area contributed by atoms with Gasteiger partial charge in [-0.2, -0.15) is 0 Å². The number of rotatable bonds is 4. The molecule has 0 heterocycles. The lowest BCUT2D eigenvalue weighted by Crippen LogP contribution is -1.90. The van der Waals surface area contributed by atoms with E-state index in [0.717, 1.165) is 5.75 Å². The Balaban J connectivity index is 2.29. The van der Waals surface area contributed by atoms with Gasteiger partial charge >= 0.3 is 0 Å². The van der Waals surface area contributed by atoms with Crippen LogP contribution >= 0.6 is 23.4 Å². The Labute approximate surface area is 81.1 Å². The minimum Gasteiger partial charge on any atom is -0.280 e. The third-order valence-corrected chi connectivity index (χ3v) is 2.62. The van der Waals surface area contributed by atoms with Crippen LogP contribution in [0.2, 0.25) is 0 Å². The molecule has 0 aliphatic heterocycles. The van der Waals surface area contributed by atoms with E-state index in [2.05, 4.69) is 0 Å². The van der Waals surface area contributed by atoms with Crippen LogP contribution in [0, 0.1) is 0 Å². The molecule has 0 radical (unpaired) electrons. The summed E-state index contributed by atoms with van der Waals surface area (Å²) in [7, 11) is 0. The average Bonchev–Trinajstić information content (AvgIpc) is 2.05. The molecule has 1 aromatic rings. The molecule has 0 bridgehead atoms. The fourth-order valence-corrected chi connectivity index (χ4v) is 1.75. The van der Waals surface area contributed by atoms with Crippen molar-refractivity contribution in [1.82, 2.24) is 0 Å². The van der Waals surface area contributed by atoms with Crippen LogP contribution in [0.4, 0.5) is 0 Å². The van der Waals surface area contributed by atoms with Gasteiger partial charge in [-0.15, -0.1) is 11.8 Å². The van der Waals surface area contributed by atoms with Crippen molar-refractivity contribution in [2.45, 2.75) is 5.75 Å². The van der Waals surface area contributed by atoms with E-state index in [1.165, 1.54) is 17.3 Å². The summed E-state index contributed by atoms with van der Waals surface area (Å²) in [6.07, 6.45) is 0. The Morgan fingerprint density at radius 1 is 1.33 bits per heavy atom. The van der Waals surface area contributed by atoms with Gasteiger partial charge in [-0.05, 0) is 17.2 Å². The lowest BCUT2D eigenvalue weighted by Gasteiger charge is -1.97. The molecule has 0 aliphatic carbocycles. The first-order chi connectivity index (χ1) is 5.79. The fraction of sp³-hybridized carbons (Fsp3) is 0.222. The largest absolute Gasteiger partial charge is 0.280 e. The number of benzene rings is 1.